The van der Waals surface area contributed by atoms with E-state index in [1.165, 1.54) is 0 Å². The Bertz CT molecular complexity index is 1500. The molecule has 226 valence electrons. The van der Waals surface area contributed by atoms with Gasteiger partial charge in [-0.2, -0.15) is 4.98 Å². The molecular weight excluding hydrogens is 552 g/mol. The lowest BCUT2D eigenvalue weighted by Gasteiger charge is -2.34. The SMILES string of the molecule is CCN1CCCC(NC(=O)[C@H]2CC[C@H](Nc3nccc(-n4ccc5c(OCC6CCS(=O)(=O)C6)cccc54)n3)CC2)C1. The van der Waals surface area contributed by atoms with Gasteiger partial charge >= 0.3 is 0 Å². The van der Waals surface area contributed by atoms with Gasteiger partial charge in [-0.3, -0.25) is 4.79 Å². The van der Waals surface area contributed by atoms with E-state index in [1.54, 1.807) is 6.20 Å². The quantitative estimate of drug-likeness (QED) is 0.384. The molecule has 11 heteroatoms. The number of hydrogen-bond acceptors (Lipinski definition) is 8. The van der Waals surface area contributed by atoms with Crippen LogP contribution in [0.15, 0.2) is 42.7 Å². The Labute approximate surface area is 248 Å². The molecule has 3 aliphatic rings. The van der Waals surface area contributed by atoms with Crippen molar-refractivity contribution in [1.82, 2.24) is 24.8 Å². The molecule has 3 fully saturated rings. The Morgan fingerprint density at radius 2 is 1.93 bits per heavy atom. The van der Waals surface area contributed by atoms with Crippen LogP contribution in [-0.4, -0.2) is 83.6 Å². The number of carbonyl (C=O) groups excluding carboxylic acids is 1. The van der Waals surface area contributed by atoms with E-state index in [2.05, 4.69) is 27.4 Å². The van der Waals surface area contributed by atoms with E-state index in [-0.39, 0.29) is 41.3 Å². The molecule has 2 N–H and O–H groups in total. The smallest absolute Gasteiger partial charge is 0.224 e. The summed E-state index contributed by atoms with van der Waals surface area (Å²) in [6, 6.07) is 10.3. The number of fused-ring (bicyclic) bond motifs is 1. The number of anilines is 1. The zero-order valence-electron chi connectivity index (χ0n) is 24.4. The van der Waals surface area contributed by atoms with Crippen LogP contribution >= 0.6 is 0 Å². The largest absolute Gasteiger partial charge is 0.493 e. The summed E-state index contributed by atoms with van der Waals surface area (Å²) >= 11 is 0. The van der Waals surface area contributed by atoms with E-state index in [0.717, 1.165) is 80.6 Å². The summed E-state index contributed by atoms with van der Waals surface area (Å²) in [5.41, 5.74) is 0.961. The molecule has 2 aromatic heterocycles. The van der Waals surface area contributed by atoms with Crippen molar-refractivity contribution in [2.24, 2.45) is 11.8 Å². The van der Waals surface area contributed by atoms with E-state index < -0.39 is 9.84 Å². The van der Waals surface area contributed by atoms with Crippen molar-refractivity contribution in [3.63, 3.8) is 0 Å². The first kappa shape index (κ1) is 28.9. The minimum Gasteiger partial charge on any atom is -0.493 e. The van der Waals surface area contributed by atoms with Crippen molar-refractivity contribution in [2.75, 3.05) is 43.1 Å². The molecule has 2 aliphatic heterocycles. The number of ether oxygens (including phenoxy) is 1. The molecular formula is C31H42N6O4S. The lowest BCUT2D eigenvalue weighted by molar-refractivity contribution is -0.127. The van der Waals surface area contributed by atoms with E-state index in [4.69, 9.17) is 9.72 Å². The first-order chi connectivity index (χ1) is 20.4. The first-order valence-electron chi connectivity index (χ1n) is 15.4. The van der Waals surface area contributed by atoms with Crippen LogP contribution in [0.1, 0.15) is 51.9 Å². The van der Waals surface area contributed by atoms with Crippen LogP contribution in [0.4, 0.5) is 5.95 Å². The molecule has 42 heavy (non-hydrogen) atoms. The van der Waals surface area contributed by atoms with Crippen molar-refractivity contribution in [2.45, 2.75) is 64.0 Å². The van der Waals surface area contributed by atoms with E-state index in [1.807, 2.05) is 41.1 Å². The average Bonchev–Trinajstić information content (AvgIpc) is 3.59. The second-order valence-electron chi connectivity index (χ2n) is 12.1. The minimum absolute atomic E-state index is 0.0379. The highest BCUT2D eigenvalue weighted by Crippen LogP contribution is 2.31. The molecule has 1 amide bonds. The summed E-state index contributed by atoms with van der Waals surface area (Å²) in [4.78, 5) is 24.7. The molecule has 4 heterocycles. The van der Waals surface area contributed by atoms with Crippen molar-refractivity contribution >= 4 is 32.6 Å². The van der Waals surface area contributed by atoms with E-state index in [9.17, 15) is 13.2 Å². The second-order valence-corrected chi connectivity index (χ2v) is 14.4. The maximum Gasteiger partial charge on any atom is 0.224 e. The molecule has 3 aromatic rings. The van der Waals surface area contributed by atoms with Gasteiger partial charge in [0.2, 0.25) is 11.9 Å². The van der Waals surface area contributed by atoms with Gasteiger partial charge in [-0.05, 0) is 82.3 Å². The zero-order valence-corrected chi connectivity index (χ0v) is 25.2. The summed E-state index contributed by atoms with van der Waals surface area (Å²) in [5, 5.41) is 7.79. The fourth-order valence-corrected chi connectivity index (χ4v) is 8.53. The van der Waals surface area contributed by atoms with Crippen molar-refractivity contribution < 1.29 is 17.9 Å². The van der Waals surface area contributed by atoms with Gasteiger partial charge in [0.1, 0.15) is 11.6 Å². The number of benzene rings is 1. The summed E-state index contributed by atoms with van der Waals surface area (Å²) in [5.74, 6) is 2.86. The number of hydrogen-bond donors (Lipinski definition) is 2. The summed E-state index contributed by atoms with van der Waals surface area (Å²) in [7, 11) is -2.93. The number of carbonyl (C=O) groups is 1. The topological polar surface area (TPSA) is 118 Å². The third kappa shape index (κ3) is 6.72. The van der Waals surface area contributed by atoms with Crippen molar-refractivity contribution in [3.05, 3.63) is 42.7 Å². The molecule has 2 unspecified atom stereocenters. The van der Waals surface area contributed by atoms with Gasteiger partial charge in [0.25, 0.3) is 0 Å². The van der Waals surface area contributed by atoms with Gasteiger partial charge in [0.05, 0.1) is 23.6 Å². The number of piperidine rings is 1. The fourth-order valence-electron chi connectivity index (χ4n) is 6.69. The third-order valence-electron chi connectivity index (χ3n) is 9.11. The molecule has 1 saturated carbocycles. The molecule has 1 aliphatic carbocycles. The monoisotopic (exact) mass is 594 g/mol. The number of nitrogens with one attached hydrogen (secondary N) is 2. The molecule has 6 rings (SSSR count). The Kier molecular flexibility index (Phi) is 8.67. The Balaban J connectivity index is 1.05. The lowest BCUT2D eigenvalue weighted by Crippen LogP contribution is -2.49. The van der Waals surface area contributed by atoms with Gasteiger partial charge in [-0.15, -0.1) is 0 Å². The number of amides is 1. The predicted octanol–water partition coefficient (Wildman–Crippen LogP) is 3.81. The Morgan fingerprint density at radius 3 is 2.71 bits per heavy atom. The highest BCUT2D eigenvalue weighted by molar-refractivity contribution is 7.91. The fraction of sp³-hybridized carbons (Fsp3) is 0.581. The van der Waals surface area contributed by atoms with Crippen LogP contribution in [0.3, 0.4) is 0 Å². The zero-order chi connectivity index (χ0) is 29.1. The number of aromatic nitrogens is 3. The van der Waals surface area contributed by atoms with Gasteiger partial charge in [0.15, 0.2) is 9.84 Å². The number of rotatable bonds is 9. The number of likely N-dealkylation sites (tertiary alicyclic amines) is 1. The van der Waals surface area contributed by atoms with Gasteiger partial charge in [-0.25, -0.2) is 13.4 Å². The van der Waals surface area contributed by atoms with Gasteiger partial charge < -0.3 is 24.8 Å². The third-order valence-corrected chi connectivity index (χ3v) is 10.9. The van der Waals surface area contributed by atoms with Crippen LogP contribution in [0.25, 0.3) is 16.7 Å². The van der Waals surface area contributed by atoms with E-state index >= 15 is 0 Å². The predicted molar refractivity (Wildman–Crippen MR) is 164 cm³/mol. The maximum atomic E-state index is 13.0. The lowest BCUT2D eigenvalue weighted by atomic mass is 9.85. The van der Waals surface area contributed by atoms with Crippen LogP contribution in [0.2, 0.25) is 0 Å². The normalized spacial score (nSPS) is 26.2. The molecule has 1 aromatic carbocycles. The molecule has 0 radical (unpaired) electrons. The molecule has 2 saturated heterocycles. The number of nitrogens with zero attached hydrogens (tertiary/aromatic N) is 4. The summed E-state index contributed by atoms with van der Waals surface area (Å²) in [6.07, 6.45) is 10.2. The van der Waals surface area contributed by atoms with Crippen molar-refractivity contribution in [1.29, 1.82) is 0 Å². The van der Waals surface area contributed by atoms with Gasteiger partial charge in [0, 0.05) is 48.2 Å². The number of likely N-dealkylation sites (N-methyl/N-ethyl adjacent to an activating group) is 1. The Morgan fingerprint density at radius 1 is 1.07 bits per heavy atom. The average molecular weight is 595 g/mol. The molecule has 2 atom stereocenters. The molecule has 0 spiro atoms. The number of sulfone groups is 1. The van der Waals surface area contributed by atoms with E-state index in [0.29, 0.717) is 19.0 Å². The highest BCUT2D eigenvalue weighted by atomic mass is 32.2. The van der Waals surface area contributed by atoms with Crippen molar-refractivity contribution in [3.8, 4) is 11.6 Å². The minimum atomic E-state index is -2.93. The summed E-state index contributed by atoms with van der Waals surface area (Å²) in [6.45, 7) is 5.71. The van der Waals surface area contributed by atoms with Crippen LogP contribution < -0.4 is 15.4 Å². The first-order valence-corrected chi connectivity index (χ1v) is 17.2. The van der Waals surface area contributed by atoms with Crippen LogP contribution in [0.5, 0.6) is 5.75 Å². The molecule has 0 bridgehead atoms. The second kappa shape index (κ2) is 12.6. The molecule has 10 nitrogen and oxygen atoms in total. The standard InChI is InChI=1S/C31H42N6O4S/c1-2-36-16-4-5-25(19-36)33-30(38)23-8-10-24(11-9-23)34-31-32-15-12-29(35-31)37-17-13-26-27(37)6-3-7-28(26)41-20-22-14-18-42(39,40)21-22/h3,6-7,12-13,15,17,22-25H,2,4-5,8-11,14,16,18-21H2,1H3,(H,33,38)(H,32,34,35)/t22?,23-,24-,25?. The summed E-state index contributed by atoms with van der Waals surface area (Å²) < 4.78 is 31.7. The van der Waals surface area contributed by atoms with Crippen LogP contribution in [-0.2, 0) is 14.6 Å². The van der Waals surface area contributed by atoms with Crippen LogP contribution in [0, 0.1) is 11.8 Å². The van der Waals surface area contributed by atoms with Gasteiger partial charge in [-0.1, -0.05) is 13.0 Å². The highest BCUT2D eigenvalue weighted by Gasteiger charge is 2.30. The Hall–Kier alpha value is -3.18. The maximum absolute atomic E-state index is 13.0.